The molecule has 1 aliphatic rings. The predicted octanol–water partition coefficient (Wildman–Crippen LogP) is 4.09. The third-order valence-corrected chi connectivity index (χ3v) is 6.80. The highest BCUT2D eigenvalue weighted by molar-refractivity contribution is 5.86. The first kappa shape index (κ1) is 30.4. The maximum absolute atomic E-state index is 13.4. The number of fused-ring (bicyclic) bond motifs is 1. The van der Waals surface area contributed by atoms with E-state index in [2.05, 4.69) is 34.0 Å². The molecule has 3 N–H and O–H groups in total. The molecule has 3 aromatic rings. The Kier molecular flexibility index (Phi) is 10.2. The second-order valence-corrected chi connectivity index (χ2v) is 9.72. The Morgan fingerprint density at radius 2 is 1.84 bits per heavy atom. The Morgan fingerprint density at radius 1 is 1.09 bits per heavy atom. The SMILES string of the molecule is C=CC[C@@H]1C[C@@H](C(=O)NCc2ccc(C=NNC(=O)OCc3ccccc3)cc2)n2c1ncc(N(CC=C)C(=O)O)c2=O. The second kappa shape index (κ2) is 14.4. The minimum Gasteiger partial charge on any atom is -0.465 e. The van der Waals surface area contributed by atoms with Gasteiger partial charge in [-0.05, 0) is 29.5 Å². The van der Waals surface area contributed by atoms with Crippen LogP contribution in [0.5, 0.6) is 0 Å². The normalized spacial score (nSPS) is 15.3. The van der Waals surface area contributed by atoms with Gasteiger partial charge in [0.2, 0.25) is 5.91 Å². The van der Waals surface area contributed by atoms with Crippen LogP contribution in [0.25, 0.3) is 0 Å². The van der Waals surface area contributed by atoms with E-state index in [0.717, 1.165) is 16.0 Å². The van der Waals surface area contributed by atoms with Gasteiger partial charge in [-0.2, -0.15) is 5.10 Å². The maximum atomic E-state index is 13.4. The summed E-state index contributed by atoms with van der Waals surface area (Å²) in [5.41, 5.74) is 3.92. The van der Waals surface area contributed by atoms with E-state index in [1.54, 1.807) is 30.3 Å². The van der Waals surface area contributed by atoms with E-state index < -0.39 is 23.8 Å². The highest BCUT2D eigenvalue weighted by Crippen LogP contribution is 2.36. The number of aromatic nitrogens is 2. The Hall–Kier alpha value is -5.52. The summed E-state index contributed by atoms with van der Waals surface area (Å²) in [4.78, 5) is 55.5. The first-order chi connectivity index (χ1) is 20.8. The van der Waals surface area contributed by atoms with Crippen molar-refractivity contribution in [2.24, 2.45) is 5.10 Å². The molecule has 2 atom stereocenters. The van der Waals surface area contributed by atoms with Crippen LogP contribution in [0.1, 0.15) is 47.3 Å². The highest BCUT2D eigenvalue weighted by Gasteiger charge is 2.38. The van der Waals surface area contributed by atoms with Crippen molar-refractivity contribution in [1.29, 1.82) is 0 Å². The van der Waals surface area contributed by atoms with Gasteiger partial charge in [0.25, 0.3) is 5.56 Å². The molecule has 2 heterocycles. The minimum absolute atomic E-state index is 0.104. The number of carboxylic acid groups (broad SMARTS) is 1. The fraction of sp³-hybridized carbons (Fsp3) is 0.226. The zero-order valence-electron chi connectivity index (χ0n) is 23.4. The lowest BCUT2D eigenvalue weighted by atomic mass is 10.00. The monoisotopic (exact) mass is 584 g/mol. The fourth-order valence-corrected chi connectivity index (χ4v) is 4.72. The molecule has 0 saturated carbocycles. The number of hydrogen-bond donors (Lipinski definition) is 3. The van der Waals surface area contributed by atoms with E-state index in [4.69, 9.17) is 4.74 Å². The van der Waals surface area contributed by atoms with Crippen molar-refractivity contribution in [2.45, 2.75) is 38.0 Å². The number of benzene rings is 2. The van der Waals surface area contributed by atoms with Gasteiger partial charge in [-0.1, -0.05) is 66.7 Å². The van der Waals surface area contributed by atoms with Gasteiger partial charge in [0.15, 0.2) is 0 Å². The van der Waals surface area contributed by atoms with E-state index in [-0.39, 0.29) is 37.2 Å². The van der Waals surface area contributed by atoms with Gasteiger partial charge in [0.1, 0.15) is 24.2 Å². The van der Waals surface area contributed by atoms with Crippen molar-refractivity contribution in [3.63, 3.8) is 0 Å². The Bertz CT molecular complexity index is 1570. The molecular weight excluding hydrogens is 552 g/mol. The summed E-state index contributed by atoms with van der Waals surface area (Å²) in [6, 6.07) is 15.6. The maximum Gasteiger partial charge on any atom is 0.428 e. The first-order valence-electron chi connectivity index (χ1n) is 13.5. The number of rotatable bonds is 12. The number of carbonyl (C=O) groups is 3. The number of nitrogens with zero attached hydrogens (tertiary/aromatic N) is 4. The summed E-state index contributed by atoms with van der Waals surface area (Å²) < 4.78 is 6.39. The molecule has 2 aromatic carbocycles. The molecule has 0 unspecified atom stereocenters. The summed E-state index contributed by atoms with van der Waals surface area (Å²) in [7, 11) is 0. The second-order valence-electron chi connectivity index (χ2n) is 9.72. The quantitative estimate of drug-likeness (QED) is 0.164. The molecule has 1 aromatic heterocycles. The molecule has 0 fully saturated rings. The standard InChI is InChI=1S/C31H32N6O6/c1-3-8-24-16-25(37-27(24)32-19-26(29(37)39)36(15-4-2)31(41)42)28(38)33-17-21-11-13-22(14-12-21)18-34-35-30(40)43-20-23-9-6-5-7-10-23/h3-7,9-14,18-19,24-25H,1-2,8,15-17,20H2,(H,33,38)(H,35,40)(H,41,42)/t24-,25+/m1/s1. The number of carbonyl (C=O) groups excluding carboxylic acids is 2. The fourth-order valence-electron chi connectivity index (χ4n) is 4.72. The third kappa shape index (κ3) is 7.61. The van der Waals surface area contributed by atoms with Crippen LogP contribution in [-0.2, 0) is 22.7 Å². The van der Waals surface area contributed by atoms with E-state index in [1.807, 2.05) is 30.3 Å². The van der Waals surface area contributed by atoms with E-state index in [9.17, 15) is 24.3 Å². The lowest BCUT2D eigenvalue weighted by Gasteiger charge is -2.19. The summed E-state index contributed by atoms with van der Waals surface area (Å²) in [6.45, 7) is 7.53. The first-order valence-corrected chi connectivity index (χ1v) is 13.5. The van der Waals surface area contributed by atoms with Gasteiger partial charge in [0, 0.05) is 19.0 Å². The molecule has 0 radical (unpaired) electrons. The molecule has 0 saturated heterocycles. The average Bonchev–Trinajstić information content (AvgIpc) is 3.38. The molecule has 0 bridgehead atoms. The molecule has 4 rings (SSSR count). The summed E-state index contributed by atoms with van der Waals surface area (Å²) in [5, 5.41) is 16.3. The van der Waals surface area contributed by atoms with Crippen molar-refractivity contribution in [3.05, 3.63) is 119 Å². The van der Waals surface area contributed by atoms with Crippen LogP contribution in [0.15, 0.2) is 96.0 Å². The number of hydrogen-bond acceptors (Lipinski definition) is 7. The van der Waals surface area contributed by atoms with Gasteiger partial charge in [-0.3, -0.25) is 19.1 Å². The van der Waals surface area contributed by atoms with Gasteiger partial charge >= 0.3 is 12.2 Å². The van der Waals surface area contributed by atoms with Crippen molar-refractivity contribution >= 4 is 30.0 Å². The Morgan fingerprint density at radius 3 is 2.51 bits per heavy atom. The molecule has 0 aliphatic carbocycles. The molecule has 12 heteroatoms. The van der Waals surface area contributed by atoms with Crippen molar-refractivity contribution in [3.8, 4) is 0 Å². The highest BCUT2D eigenvalue weighted by atomic mass is 16.6. The third-order valence-electron chi connectivity index (χ3n) is 6.80. The predicted molar refractivity (Wildman–Crippen MR) is 161 cm³/mol. The van der Waals surface area contributed by atoms with E-state index in [1.165, 1.54) is 23.1 Å². The molecule has 0 spiro atoms. The summed E-state index contributed by atoms with van der Waals surface area (Å²) >= 11 is 0. The van der Waals surface area contributed by atoms with E-state index in [0.29, 0.717) is 24.2 Å². The molecule has 43 heavy (non-hydrogen) atoms. The van der Waals surface area contributed by atoms with Crippen LogP contribution in [0.2, 0.25) is 0 Å². The van der Waals surface area contributed by atoms with Crippen LogP contribution in [0.4, 0.5) is 15.3 Å². The Labute approximate surface area is 248 Å². The molecule has 12 nitrogen and oxygen atoms in total. The number of hydrazone groups is 1. The largest absolute Gasteiger partial charge is 0.465 e. The summed E-state index contributed by atoms with van der Waals surface area (Å²) in [5.74, 6) is -0.183. The molecule has 1 aliphatic heterocycles. The zero-order chi connectivity index (χ0) is 30.8. The summed E-state index contributed by atoms with van der Waals surface area (Å²) in [6.07, 6.45) is 4.59. The zero-order valence-corrected chi connectivity index (χ0v) is 23.4. The van der Waals surface area contributed by atoms with Crippen LogP contribution < -0.4 is 21.2 Å². The van der Waals surface area contributed by atoms with Crippen LogP contribution >= 0.6 is 0 Å². The Balaban J connectivity index is 1.37. The minimum atomic E-state index is -1.33. The van der Waals surface area contributed by atoms with Crippen LogP contribution in [0.3, 0.4) is 0 Å². The van der Waals surface area contributed by atoms with Gasteiger partial charge in [0.05, 0.1) is 12.4 Å². The lowest BCUT2D eigenvalue weighted by molar-refractivity contribution is -0.124. The average molecular weight is 585 g/mol. The number of anilines is 1. The van der Waals surface area contributed by atoms with Gasteiger partial charge < -0.3 is 15.2 Å². The van der Waals surface area contributed by atoms with Gasteiger partial charge in [-0.25, -0.2) is 20.0 Å². The topological polar surface area (TPSA) is 155 Å². The van der Waals surface area contributed by atoms with E-state index >= 15 is 0 Å². The smallest absolute Gasteiger partial charge is 0.428 e. The molecule has 3 amide bonds. The number of allylic oxidation sites excluding steroid dienone is 1. The number of nitrogens with one attached hydrogen (secondary N) is 2. The van der Waals surface area contributed by atoms with Gasteiger partial charge in [-0.15, -0.1) is 13.2 Å². The van der Waals surface area contributed by atoms with Crippen molar-refractivity contribution in [2.75, 3.05) is 11.4 Å². The lowest BCUT2D eigenvalue weighted by Crippen LogP contribution is -2.40. The molecule has 222 valence electrons. The number of ether oxygens (including phenoxy) is 1. The number of amides is 3. The van der Waals surface area contributed by atoms with Crippen LogP contribution in [-0.4, -0.2) is 45.5 Å². The van der Waals surface area contributed by atoms with Crippen molar-refractivity contribution < 1.29 is 24.2 Å². The van der Waals surface area contributed by atoms with Crippen molar-refractivity contribution in [1.82, 2.24) is 20.3 Å². The molecular formula is C31H32N6O6. The van der Waals surface area contributed by atoms with Crippen LogP contribution in [0, 0.1) is 0 Å².